The number of nitriles is 1. The number of hydrogen-bond acceptors (Lipinski definition) is 4. The summed E-state index contributed by atoms with van der Waals surface area (Å²) in [6.45, 7) is 0.832. The zero-order valence-corrected chi connectivity index (χ0v) is 12.6. The van der Waals surface area contributed by atoms with E-state index in [9.17, 15) is 8.42 Å². The summed E-state index contributed by atoms with van der Waals surface area (Å²) < 4.78 is 33.1. The van der Waals surface area contributed by atoms with Crippen LogP contribution in [-0.4, -0.2) is 38.0 Å². The molecule has 0 unspecified atom stereocenters. The van der Waals surface area contributed by atoms with Gasteiger partial charge in [-0.3, -0.25) is 0 Å². The quantitative estimate of drug-likeness (QED) is 0.836. The number of sulfonamides is 1. The Kier molecular flexibility index (Phi) is 3.98. The van der Waals surface area contributed by atoms with Gasteiger partial charge in [-0.1, -0.05) is 18.9 Å². The van der Waals surface area contributed by atoms with Crippen LogP contribution in [-0.2, 0) is 14.8 Å². The van der Waals surface area contributed by atoms with Crippen molar-refractivity contribution in [1.29, 1.82) is 5.26 Å². The Bertz CT molecular complexity index is 664. The molecule has 1 aromatic rings. The van der Waals surface area contributed by atoms with Crippen molar-refractivity contribution in [3.8, 4) is 6.07 Å². The first-order valence-corrected chi connectivity index (χ1v) is 8.70. The van der Waals surface area contributed by atoms with Gasteiger partial charge in [-0.05, 0) is 31.0 Å². The third kappa shape index (κ3) is 2.69. The van der Waals surface area contributed by atoms with Gasteiger partial charge in [0.15, 0.2) is 0 Å². The van der Waals surface area contributed by atoms with E-state index in [2.05, 4.69) is 0 Å². The summed E-state index contributed by atoms with van der Waals surface area (Å²) in [6.07, 6.45) is 3.92. The van der Waals surface area contributed by atoms with Crippen LogP contribution in [0.15, 0.2) is 29.2 Å². The molecule has 1 aliphatic carbocycles. The Morgan fingerprint density at radius 3 is 2.90 bits per heavy atom. The number of nitrogens with zero attached hydrogens (tertiary/aromatic N) is 2. The maximum absolute atomic E-state index is 12.9. The van der Waals surface area contributed by atoms with Gasteiger partial charge in [0.05, 0.1) is 35.3 Å². The van der Waals surface area contributed by atoms with E-state index in [-0.39, 0.29) is 17.0 Å². The molecule has 0 amide bonds. The Hall–Kier alpha value is -1.42. The molecule has 6 heteroatoms. The van der Waals surface area contributed by atoms with Crippen LogP contribution in [0.1, 0.15) is 31.2 Å². The predicted octanol–water partition coefficient (Wildman–Crippen LogP) is 1.89. The maximum Gasteiger partial charge on any atom is 0.243 e. The van der Waals surface area contributed by atoms with Gasteiger partial charge in [-0.2, -0.15) is 9.57 Å². The minimum absolute atomic E-state index is 0.0152. The van der Waals surface area contributed by atoms with Crippen molar-refractivity contribution in [2.24, 2.45) is 0 Å². The summed E-state index contributed by atoms with van der Waals surface area (Å²) in [5.74, 6) is 0. The van der Waals surface area contributed by atoms with E-state index in [4.69, 9.17) is 10.00 Å². The highest BCUT2D eigenvalue weighted by molar-refractivity contribution is 7.89. The number of ether oxygens (including phenoxy) is 1. The largest absolute Gasteiger partial charge is 0.375 e. The highest BCUT2D eigenvalue weighted by Gasteiger charge is 2.40. The van der Waals surface area contributed by atoms with Crippen LogP contribution in [0.5, 0.6) is 0 Å². The molecule has 1 saturated heterocycles. The molecule has 5 nitrogen and oxygen atoms in total. The highest BCUT2D eigenvalue weighted by Crippen LogP contribution is 2.32. The van der Waals surface area contributed by atoms with E-state index >= 15 is 0 Å². The average Bonchev–Trinajstić information content (AvgIpc) is 2.54. The molecule has 0 aromatic heterocycles. The monoisotopic (exact) mass is 306 g/mol. The fourth-order valence-corrected chi connectivity index (χ4v) is 4.93. The van der Waals surface area contributed by atoms with Crippen LogP contribution in [0.3, 0.4) is 0 Å². The van der Waals surface area contributed by atoms with Gasteiger partial charge in [-0.15, -0.1) is 0 Å². The Labute approximate surface area is 125 Å². The second-order valence-corrected chi connectivity index (χ2v) is 7.41. The van der Waals surface area contributed by atoms with E-state index in [1.165, 1.54) is 6.07 Å². The normalized spacial score (nSPS) is 26.8. The molecule has 1 aliphatic heterocycles. The lowest BCUT2D eigenvalue weighted by Crippen LogP contribution is -2.54. The van der Waals surface area contributed by atoms with Crippen molar-refractivity contribution >= 4 is 10.0 Å². The molecule has 2 fully saturated rings. The standard InChI is InChI=1S/C15H18N2O3S/c16-11-12-4-3-5-13(10-12)21(18,19)17-8-9-20-15-7-2-1-6-14(15)17/h3-5,10,14-15H,1-2,6-9H2/t14-,15-/m1/s1. The van der Waals surface area contributed by atoms with Crippen molar-refractivity contribution in [3.63, 3.8) is 0 Å². The highest BCUT2D eigenvalue weighted by atomic mass is 32.2. The fourth-order valence-electron chi connectivity index (χ4n) is 3.22. The van der Waals surface area contributed by atoms with Crippen LogP contribution < -0.4 is 0 Å². The van der Waals surface area contributed by atoms with Gasteiger partial charge < -0.3 is 4.74 Å². The van der Waals surface area contributed by atoms with E-state index < -0.39 is 10.0 Å². The maximum atomic E-state index is 12.9. The SMILES string of the molecule is N#Cc1cccc(S(=O)(=O)N2CCO[C@@H]3CCCC[C@H]32)c1. The van der Waals surface area contributed by atoms with Crippen LogP contribution >= 0.6 is 0 Å². The molecule has 1 aromatic carbocycles. The van der Waals surface area contributed by atoms with E-state index in [1.54, 1.807) is 22.5 Å². The Balaban J connectivity index is 1.94. The number of morpholine rings is 1. The van der Waals surface area contributed by atoms with Crippen LogP contribution in [0.2, 0.25) is 0 Å². The molecule has 0 bridgehead atoms. The summed E-state index contributed by atoms with van der Waals surface area (Å²) in [5.41, 5.74) is 0.365. The van der Waals surface area contributed by atoms with E-state index in [1.807, 2.05) is 6.07 Å². The van der Waals surface area contributed by atoms with Crippen molar-refractivity contribution in [3.05, 3.63) is 29.8 Å². The van der Waals surface area contributed by atoms with Crippen molar-refractivity contribution in [2.75, 3.05) is 13.2 Å². The first kappa shape index (κ1) is 14.5. The van der Waals surface area contributed by atoms with Gasteiger partial charge in [-0.25, -0.2) is 8.42 Å². The summed E-state index contributed by atoms with van der Waals surface area (Å²) in [5, 5.41) is 8.95. The van der Waals surface area contributed by atoms with Gasteiger partial charge in [0.2, 0.25) is 10.0 Å². The zero-order chi connectivity index (χ0) is 14.9. The van der Waals surface area contributed by atoms with Gasteiger partial charge in [0.1, 0.15) is 0 Å². The molecule has 112 valence electrons. The lowest BCUT2D eigenvalue weighted by atomic mass is 9.91. The third-order valence-electron chi connectivity index (χ3n) is 4.25. The molecular weight excluding hydrogens is 288 g/mol. The van der Waals surface area contributed by atoms with Crippen LogP contribution in [0.4, 0.5) is 0 Å². The fraction of sp³-hybridized carbons (Fsp3) is 0.533. The molecular formula is C15H18N2O3S. The lowest BCUT2D eigenvalue weighted by molar-refractivity contribution is -0.0586. The third-order valence-corrected chi connectivity index (χ3v) is 6.17. The van der Waals surface area contributed by atoms with Gasteiger partial charge in [0, 0.05) is 6.54 Å². The summed E-state index contributed by atoms with van der Waals surface area (Å²) in [7, 11) is -3.56. The smallest absolute Gasteiger partial charge is 0.243 e. The second-order valence-electron chi connectivity index (χ2n) is 5.52. The molecule has 1 saturated carbocycles. The summed E-state index contributed by atoms with van der Waals surface area (Å²) >= 11 is 0. The molecule has 0 radical (unpaired) electrons. The number of benzene rings is 1. The topological polar surface area (TPSA) is 70.4 Å². The van der Waals surface area contributed by atoms with Crippen LogP contribution in [0, 0.1) is 11.3 Å². The number of fused-ring (bicyclic) bond motifs is 1. The molecule has 2 aliphatic rings. The molecule has 1 heterocycles. The van der Waals surface area contributed by atoms with Crippen LogP contribution in [0.25, 0.3) is 0 Å². The van der Waals surface area contributed by atoms with Crippen molar-refractivity contribution in [2.45, 2.75) is 42.7 Å². The summed E-state index contributed by atoms with van der Waals surface area (Å²) in [6, 6.07) is 8.16. The van der Waals surface area contributed by atoms with Gasteiger partial charge in [0.25, 0.3) is 0 Å². The van der Waals surface area contributed by atoms with E-state index in [0.29, 0.717) is 18.7 Å². The minimum atomic E-state index is -3.56. The zero-order valence-electron chi connectivity index (χ0n) is 11.7. The number of hydrogen-bond donors (Lipinski definition) is 0. The first-order valence-electron chi connectivity index (χ1n) is 7.26. The van der Waals surface area contributed by atoms with Gasteiger partial charge >= 0.3 is 0 Å². The average molecular weight is 306 g/mol. The molecule has 2 atom stereocenters. The molecule has 0 N–H and O–H groups in total. The lowest BCUT2D eigenvalue weighted by Gasteiger charge is -2.42. The van der Waals surface area contributed by atoms with Crippen molar-refractivity contribution in [1.82, 2.24) is 4.31 Å². The van der Waals surface area contributed by atoms with Crippen molar-refractivity contribution < 1.29 is 13.2 Å². The molecule has 21 heavy (non-hydrogen) atoms. The van der Waals surface area contributed by atoms with E-state index in [0.717, 1.165) is 25.7 Å². The second kappa shape index (κ2) is 5.76. The molecule has 3 rings (SSSR count). The molecule has 0 spiro atoms. The summed E-state index contributed by atoms with van der Waals surface area (Å²) in [4.78, 5) is 0.202. The Morgan fingerprint density at radius 2 is 2.10 bits per heavy atom. The predicted molar refractivity (Wildman–Crippen MR) is 77.0 cm³/mol. The minimum Gasteiger partial charge on any atom is -0.375 e. The Morgan fingerprint density at radius 1 is 1.29 bits per heavy atom. The first-order chi connectivity index (χ1) is 10.1. The number of rotatable bonds is 2.